The Morgan fingerprint density at radius 3 is 2.38 bits per heavy atom. The number of amides is 1. The molecule has 0 spiro atoms. The lowest BCUT2D eigenvalue weighted by Gasteiger charge is -2.18. The van der Waals surface area contributed by atoms with Crippen molar-refractivity contribution in [2.24, 2.45) is 5.41 Å². The predicted octanol–water partition coefficient (Wildman–Crippen LogP) is 3.23. The van der Waals surface area contributed by atoms with Crippen LogP contribution in [0.15, 0.2) is 17.0 Å². The highest BCUT2D eigenvalue weighted by molar-refractivity contribution is 8.13. The minimum absolute atomic E-state index is 0.0249. The maximum Gasteiger partial charge on any atom is 0.261 e. The number of rotatable bonds is 4. The fraction of sp³-hybridized carbons (Fsp3) is 0.500. The Bertz CT molecular complexity index is 651. The van der Waals surface area contributed by atoms with Gasteiger partial charge in [0.25, 0.3) is 15.0 Å². The van der Waals surface area contributed by atoms with Crippen LogP contribution in [0.4, 0.5) is 4.39 Å². The third-order valence-corrected chi connectivity index (χ3v) is 4.44. The van der Waals surface area contributed by atoms with Crippen molar-refractivity contribution >= 4 is 25.6 Å². The SMILES string of the molecule is Cc1c(C(=O)NCCC(C)(C)C)cc(F)cc1S(=O)(=O)Cl. The molecule has 0 aliphatic carbocycles. The van der Waals surface area contributed by atoms with Crippen LogP contribution in [0.25, 0.3) is 0 Å². The average molecular weight is 336 g/mol. The molecule has 0 saturated carbocycles. The van der Waals surface area contributed by atoms with E-state index in [-0.39, 0.29) is 21.4 Å². The van der Waals surface area contributed by atoms with Crippen molar-refractivity contribution in [1.29, 1.82) is 0 Å². The van der Waals surface area contributed by atoms with Gasteiger partial charge < -0.3 is 5.32 Å². The van der Waals surface area contributed by atoms with Gasteiger partial charge in [-0.3, -0.25) is 4.79 Å². The van der Waals surface area contributed by atoms with Crippen molar-refractivity contribution in [3.63, 3.8) is 0 Å². The molecule has 4 nitrogen and oxygen atoms in total. The Balaban J connectivity index is 3.03. The zero-order valence-electron chi connectivity index (χ0n) is 12.5. The minimum Gasteiger partial charge on any atom is -0.352 e. The van der Waals surface area contributed by atoms with Gasteiger partial charge in [-0.05, 0) is 36.5 Å². The topological polar surface area (TPSA) is 63.2 Å². The van der Waals surface area contributed by atoms with E-state index in [4.69, 9.17) is 10.7 Å². The van der Waals surface area contributed by atoms with Gasteiger partial charge in [-0.1, -0.05) is 20.8 Å². The predicted molar refractivity (Wildman–Crippen MR) is 80.6 cm³/mol. The first-order valence-corrected chi connectivity index (χ1v) is 8.76. The van der Waals surface area contributed by atoms with E-state index in [1.807, 2.05) is 20.8 Å². The van der Waals surface area contributed by atoms with E-state index < -0.39 is 20.8 Å². The van der Waals surface area contributed by atoms with E-state index in [0.29, 0.717) is 6.54 Å². The van der Waals surface area contributed by atoms with Gasteiger partial charge in [0.15, 0.2) is 0 Å². The molecular formula is C14H19ClFNO3S. The summed E-state index contributed by atoms with van der Waals surface area (Å²) in [7, 11) is 1.15. The molecule has 0 aliphatic heterocycles. The van der Waals surface area contributed by atoms with Crippen LogP contribution >= 0.6 is 10.7 Å². The summed E-state index contributed by atoms with van der Waals surface area (Å²) in [5, 5.41) is 2.66. The Morgan fingerprint density at radius 2 is 1.90 bits per heavy atom. The third-order valence-electron chi connectivity index (χ3n) is 2.99. The molecule has 0 aliphatic rings. The van der Waals surface area contributed by atoms with Crippen LogP contribution in [0.2, 0.25) is 0 Å². The molecule has 21 heavy (non-hydrogen) atoms. The first-order valence-electron chi connectivity index (χ1n) is 6.45. The first kappa shape index (κ1) is 17.9. The molecule has 1 amide bonds. The lowest BCUT2D eigenvalue weighted by Crippen LogP contribution is -2.28. The zero-order chi connectivity index (χ0) is 16.4. The Morgan fingerprint density at radius 1 is 1.33 bits per heavy atom. The molecule has 7 heteroatoms. The normalized spacial score (nSPS) is 12.3. The second-order valence-corrected chi connectivity index (χ2v) is 8.62. The van der Waals surface area contributed by atoms with E-state index in [2.05, 4.69) is 5.32 Å². The lowest BCUT2D eigenvalue weighted by atomic mass is 9.92. The van der Waals surface area contributed by atoms with Crippen molar-refractivity contribution < 1.29 is 17.6 Å². The van der Waals surface area contributed by atoms with E-state index in [9.17, 15) is 17.6 Å². The summed E-state index contributed by atoms with van der Waals surface area (Å²) in [6.07, 6.45) is 0.744. The molecule has 1 N–H and O–H groups in total. The number of hydrogen-bond donors (Lipinski definition) is 1. The molecule has 0 radical (unpaired) electrons. The maximum absolute atomic E-state index is 13.5. The number of nitrogens with one attached hydrogen (secondary N) is 1. The summed E-state index contributed by atoms with van der Waals surface area (Å²) in [5.41, 5.74) is 0.164. The molecule has 0 saturated heterocycles. The molecule has 1 rings (SSSR count). The van der Waals surface area contributed by atoms with Crippen molar-refractivity contribution in [2.45, 2.75) is 39.0 Å². The van der Waals surface area contributed by atoms with Gasteiger partial charge in [0, 0.05) is 22.8 Å². The third kappa shape index (κ3) is 5.28. The molecule has 0 heterocycles. The van der Waals surface area contributed by atoms with Crippen LogP contribution in [-0.4, -0.2) is 20.9 Å². The summed E-state index contributed by atoms with van der Waals surface area (Å²) < 4.78 is 36.3. The number of hydrogen-bond acceptors (Lipinski definition) is 3. The van der Waals surface area contributed by atoms with E-state index in [1.165, 1.54) is 6.92 Å². The van der Waals surface area contributed by atoms with E-state index in [1.54, 1.807) is 0 Å². The molecule has 0 atom stereocenters. The molecular weight excluding hydrogens is 317 g/mol. The van der Waals surface area contributed by atoms with Crippen molar-refractivity contribution in [1.82, 2.24) is 5.32 Å². The molecule has 118 valence electrons. The quantitative estimate of drug-likeness (QED) is 0.859. The van der Waals surface area contributed by atoms with Crippen LogP contribution in [-0.2, 0) is 9.05 Å². The largest absolute Gasteiger partial charge is 0.352 e. The van der Waals surface area contributed by atoms with Gasteiger partial charge >= 0.3 is 0 Å². The van der Waals surface area contributed by atoms with E-state index in [0.717, 1.165) is 18.6 Å². The summed E-state index contributed by atoms with van der Waals surface area (Å²) in [6.45, 7) is 7.94. The summed E-state index contributed by atoms with van der Waals surface area (Å²) in [5.74, 6) is -1.33. The van der Waals surface area contributed by atoms with Crippen LogP contribution in [0.5, 0.6) is 0 Å². The Kier molecular flexibility index (Phi) is 5.39. The standard InChI is InChI=1S/C14H19ClFNO3S/c1-9-11(13(18)17-6-5-14(2,3)4)7-10(16)8-12(9)21(15,19)20/h7-8H,5-6H2,1-4H3,(H,17,18). The maximum atomic E-state index is 13.5. The van der Waals surface area contributed by atoms with Crippen molar-refractivity contribution in [3.8, 4) is 0 Å². The molecule has 0 bridgehead atoms. The summed E-state index contributed by atoms with van der Waals surface area (Å²) in [4.78, 5) is 11.7. The number of carbonyl (C=O) groups is 1. The second-order valence-electron chi connectivity index (χ2n) is 6.08. The fourth-order valence-electron chi connectivity index (χ4n) is 1.79. The lowest BCUT2D eigenvalue weighted by molar-refractivity contribution is 0.0948. The van der Waals surface area contributed by atoms with Crippen LogP contribution in [0, 0.1) is 18.2 Å². The minimum atomic E-state index is -4.10. The van der Waals surface area contributed by atoms with Gasteiger partial charge in [-0.15, -0.1) is 0 Å². The smallest absolute Gasteiger partial charge is 0.261 e. The van der Waals surface area contributed by atoms with Crippen molar-refractivity contribution in [2.75, 3.05) is 6.54 Å². The highest BCUT2D eigenvalue weighted by Gasteiger charge is 2.21. The van der Waals surface area contributed by atoms with E-state index >= 15 is 0 Å². The average Bonchev–Trinajstić information content (AvgIpc) is 2.28. The number of benzene rings is 1. The van der Waals surface area contributed by atoms with Gasteiger partial charge in [0.2, 0.25) is 0 Å². The molecule has 0 fully saturated rings. The van der Waals surface area contributed by atoms with Gasteiger partial charge in [0.1, 0.15) is 5.82 Å². The van der Waals surface area contributed by atoms with Gasteiger partial charge in [-0.25, -0.2) is 12.8 Å². The second kappa shape index (κ2) is 6.32. The van der Waals surface area contributed by atoms with Crippen LogP contribution in [0.3, 0.4) is 0 Å². The van der Waals surface area contributed by atoms with Crippen molar-refractivity contribution in [3.05, 3.63) is 29.1 Å². The fourth-order valence-corrected chi connectivity index (χ4v) is 3.00. The number of halogens is 2. The summed E-state index contributed by atoms with van der Waals surface area (Å²) in [6, 6.07) is 1.82. The van der Waals surface area contributed by atoms with Gasteiger partial charge in [0.05, 0.1) is 4.90 Å². The van der Waals surface area contributed by atoms with Gasteiger partial charge in [-0.2, -0.15) is 0 Å². The number of carbonyl (C=O) groups excluding carboxylic acids is 1. The molecule has 0 unspecified atom stereocenters. The highest BCUT2D eigenvalue weighted by atomic mass is 35.7. The molecule has 1 aromatic carbocycles. The Labute approximate surface area is 129 Å². The molecule has 0 aromatic heterocycles. The first-order chi connectivity index (χ1) is 9.42. The molecule has 1 aromatic rings. The summed E-state index contributed by atoms with van der Waals surface area (Å²) >= 11 is 0. The van der Waals surface area contributed by atoms with Crippen LogP contribution in [0.1, 0.15) is 43.1 Å². The zero-order valence-corrected chi connectivity index (χ0v) is 14.0. The van der Waals surface area contributed by atoms with Crippen LogP contribution < -0.4 is 5.32 Å². The highest BCUT2D eigenvalue weighted by Crippen LogP contribution is 2.24. The monoisotopic (exact) mass is 335 g/mol. The Hall–Kier alpha value is -1.14.